The number of nitrogens with zero attached hydrogens (tertiary/aromatic N) is 1. The molecule has 0 unspecified atom stereocenters. The van der Waals surface area contributed by atoms with Gasteiger partial charge in [-0.15, -0.1) is 0 Å². The normalized spacial score (nSPS) is 14.6. The van der Waals surface area contributed by atoms with Crippen molar-refractivity contribution < 1.29 is 10.3 Å². The molecule has 13 heavy (non-hydrogen) atoms. The van der Waals surface area contributed by atoms with Gasteiger partial charge in [-0.1, -0.05) is 0 Å². The second-order valence-corrected chi connectivity index (χ2v) is 2.71. The minimum atomic E-state index is 0.963. The van der Waals surface area contributed by atoms with Crippen molar-refractivity contribution in [1.82, 2.24) is 0 Å². The van der Waals surface area contributed by atoms with E-state index in [1.807, 2.05) is 54.4 Å². The van der Waals surface area contributed by atoms with E-state index in [1.54, 1.807) is 0 Å². The summed E-state index contributed by atoms with van der Waals surface area (Å²) in [7, 11) is 0. The summed E-state index contributed by atoms with van der Waals surface area (Å²) in [6.45, 7) is 0. The smallest absolute Gasteiger partial charge is 0.169 e. The van der Waals surface area contributed by atoms with Crippen molar-refractivity contribution in [2.45, 2.75) is 0 Å². The Bertz CT molecular complexity index is 349. The standard InChI is InChI=1S/C10H9N3/c1-5-11-6-2-9(1)13-10-3-7-12-8-4-10/h1-8H,(H,11,12,13)/p+2. The third-order valence-corrected chi connectivity index (χ3v) is 1.72. The highest BCUT2D eigenvalue weighted by Gasteiger charge is 1.96. The van der Waals surface area contributed by atoms with Crippen LogP contribution in [-0.2, 0) is 0 Å². The number of hydrogen-bond acceptors (Lipinski definition) is 1. The average molecular weight is 173 g/mol. The van der Waals surface area contributed by atoms with Crippen molar-refractivity contribution in [3.63, 3.8) is 0 Å². The Morgan fingerprint density at radius 3 is 2.46 bits per heavy atom. The van der Waals surface area contributed by atoms with E-state index in [0.29, 0.717) is 0 Å². The van der Waals surface area contributed by atoms with E-state index in [2.05, 4.69) is 9.98 Å². The number of nitrogens with two attached hydrogens (primary N) is 1. The zero-order chi connectivity index (χ0) is 8.93. The maximum absolute atomic E-state index is 4.42. The fraction of sp³-hybridized carbons (Fsp3) is 0. The van der Waals surface area contributed by atoms with Gasteiger partial charge in [-0.2, -0.15) is 0 Å². The molecule has 2 heterocycles. The fourth-order valence-corrected chi connectivity index (χ4v) is 1.10. The molecule has 3 heteroatoms. The van der Waals surface area contributed by atoms with Gasteiger partial charge in [0.2, 0.25) is 0 Å². The molecule has 3 nitrogen and oxygen atoms in total. The van der Waals surface area contributed by atoms with E-state index < -0.39 is 0 Å². The largest absolute Gasteiger partial charge is 0.294 e. The molecule has 0 saturated heterocycles. The summed E-state index contributed by atoms with van der Waals surface area (Å²) in [4.78, 5) is 7.38. The van der Waals surface area contributed by atoms with Gasteiger partial charge in [-0.3, -0.25) is 5.32 Å². The Hall–Kier alpha value is -1.74. The molecule has 0 aromatic carbocycles. The van der Waals surface area contributed by atoms with Crippen molar-refractivity contribution in [1.29, 1.82) is 0 Å². The van der Waals surface area contributed by atoms with Crippen LogP contribution in [0.15, 0.2) is 54.1 Å². The van der Waals surface area contributed by atoms with Gasteiger partial charge in [0.1, 0.15) is 0 Å². The van der Waals surface area contributed by atoms with Crippen LogP contribution >= 0.6 is 0 Å². The maximum atomic E-state index is 4.42. The molecule has 0 bridgehead atoms. The quantitative estimate of drug-likeness (QED) is 0.629. The second kappa shape index (κ2) is 3.78. The average Bonchev–Trinajstić information content (AvgIpc) is 2.21. The number of H-pyrrole nitrogens is 1. The number of aliphatic imine (C=N–C) groups is 1. The lowest BCUT2D eigenvalue weighted by Crippen LogP contribution is -2.71. The maximum Gasteiger partial charge on any atom is 0.169 e. The highest BCUT2D eigenvalue weighted by atomic mass is 14.8. The number of quaternary nitrogens is 1. The van der Waals surface area contributed by atoms with Gasteiger partial charge in [-0.25, -0.2) is 9.98 Å². The van der Waals surface area contributed by atoms with Crippen LogP contribution in [0.1, 0.15) is 0 Å². The zero-order valence-electron chi connectivity index (χ0n) is 7.14. The van der Waals surface area contributed by atoms with E-state index in [4.69, 9.17) is 0 Å². The van der Waals surface area contributed by atoms with Crippen LogP contribution < -0.4 is 10.3 Å². The van der Waals surface area contributed by atoms with Crippen molar-refractivity contribution in [3.05, 3.63) is 49.1 Å². The van der Waals surface area contributed by atoms with Gasteiger partial charge in [0, 0.05) is 24.3 Å². The van der Waals surface area contributed by atoms with E-state index >= 15 is 0 Å². The molecule has 0 amide bonds. The van der Waals surface area contributed by atoms with Crippen molar-refractivity contribution in [2.24, 2.45) is 4.99 Å². The van der Waals surface area contributed by atoms with Gasteiger partial charge in [0.25, 0.3) is 0 Å². The first-order valence-corrected chi connectivity index (χ1v) is 4.18. The lowest BCUT2D eigenvalue weighted by molar-refractivity contribution is -0.514. The lowest BCUT2D eigenvalue weighted by Gasteiger charge is -1.96. The molecule has 0 saturated carbocycles. The van der Waals surface area contributed by atoms with Crippen LogP contribution in [0.2, 0.25) is 0 Å². The summed E-state index contributed by atoms with van der Waals surface area (Å²) in [5.74, 6) is 0. The summed E-state index contributed by atoms with van der Waals surface area (Å²) >= 11 is 0. The molecule has 64 valence electrons. The van der Waals surface area contributed by atoms with Crippen molar-refractivity contribution >= 4 is 11.4 Å². The molecule has 1 aliphatic rings. The third-order valence-electron chi connectivity index (χ3n) is 1.72. The Balaban J connectivity index is 2.25. The van der Waals surface area contributed by atoms with Crippen LogP contribution in [0.4, 0.5) is 5.69 Å². The molecule has 0 radical (unpaired) electrons. The molecule has 0 fully saturated rings. The molecular weight excluding hydrogens is 162 g/mol. The number of aromatic amines is 1. The number of hydrogen-bond donors (Lipinski definition) is 1. The molecule has 0 spiro atoms. The first kappa shape index (κ1) is 7.89. The van der Waals surface area contributed by atoms with Gasteiger partial charge in [0.15, 0.2) is 12.4 Å². The first-order valence-electron chi connectivity index (χ1n) is 4.18. The van der Waals surface area contributed by atoms with Crippen LogP contribution in [0.25, 0.3) is 0 Å². The van der Waals surface area contributed by atoms with Crippen LogP contribution in [-0.4, -0.2) is 5.71 Å². The summed E-state index contributed by atoms with van der Waals surface area (Å²) in [6.07, 6.45) is 11.7. The van der Waals surface area contributed by atoms with E-state index in [-0.39, 0.29) is 0 Å². The first-order chi connectivity index (χ1) is 6.45. The van der Waals surface area contributed by atoms with Gasteiger partial charge < -0.3 is 0 Å². The molecule has 3 N–H and O–H groups in total. The highest BCUT2D eigenvalue weighted by molar-refractivity contribution is 6.05. The van der Waals surface area contributed by atoms with Gasteiger partial charge in [-0.05, 0) is 0 Å². The number of nitrogens with one attached hydrogen (secondary N) is 1. The second-order valence-electron chi connectivity index (χ2n) is 2.71. The number of rotatable bonds is 1. The molecule has 0 atom stereocenters. The lowest BCUT2D eigenvalue weighted by atomic mass is 10.3. The van der Waals surface area contributed by atoms with Gasteiger partial charge in [0.05, 0.1) is 23.8 Å². The zero-order valence-corrected chi connectivity index (χ0v) is 7.14. The van der Waals surface area contributed by atoms with Crippen molar-refractivity contribution in [3.8, 4) is 0 Å². The monoisotopic (exact) mass is 173 g/mol. The minimum absolute atomic E-state index is 0.963. The van der Waals surface area contributed by atoms with Crippen LogP contribution in [0.5, 0.6) is 0 Å². The highest BCUT2D eigenvalue weighted by Crippen LogP contribution is 2.08. The van der Waals surface area contributed by atoms with Crippen molar-refractivity contribution in [2.75, 3.05) is 0 Å². The number of allylic oxidation sites excluding steroid dienone is 2. The Labute approximate surface area is 76.5 Å². The molecular formula is C10H11N3+2. The number of pyridine rings is 1. The predicted octanol–water partition coefficient (Wildman–Crippen LogP) is 0.178. The summed E-state index contributed by atoms with van der Waals surface area (Å²) in [5.41, 5.74) is 1.94. The fourth-order valence-electron chi connectivity index (χ4n) is 1.10. The van der Waals surface area contributed by atoms with E-state index in [9.17, 15) is 0 Å². The Morgan fingerprint density at radius 1 is 1.08 bits per heavy atom. The predicted molar refractivity (Wildman–Crippen MR) is 50.3 cm³/mol. The summed E-state index contributed by atoms with van der Waals surface area (Å²) < 4.78 is 0. The van der Waals surface area contributed by atoms with Crippen LogP contribution in [0.3, 0.4) is 0 Å². The Morgan fingerprint density at radius 2 is 1.77 bits per heavy atom. The van der Waals surface area contributed by atoms with Crippen LogP contribution in [0, 0.1) is 0 Å². The topological polar surface area (TPSA) is 43.1 Å². The summed E-state index contributed by atoms with van der Waals surface area (Å²) in [6, 6.07) is 3.88. The van der Waals surface area contributed by atoms with Gasteiger partial charge >= 0.3 is 0 Å². The summed E-state index contributed by atoms with van der Waals surface area (Å²) in [5, 5.41) is 1.98. The molecule has 1 aromatic rings. The Kier molecular flexibility index (Phi) is 2.29. The SMILES string of the molecule is C1=CC(=Nc2cc[nH+]cc2)C=C[NH2+]1. The minimum Gasteiger partial charge on any atom is -0.294 e. The molecule has 0 aliphatic carbocycles. The van der Waals surface area contributed by atoms with E-state index in [1.165, 1.54) is 0 Å². The third kappa shape index (κ3) is 2.10. The van der Waals surface area contributed by atoms with E-state index in [0.717, 1.165) is 11.4 Å². The molecule has 1 aliphatic heterocycles. The molecule has 1 aromatic heterocycles. The number of aromatic nitrogens is 1. The molecule has 2 rings (SSSR count).